The largest absolute Gasteiger partial charge is 0.366 e. The van der Waals surface area contributed by atoms with Gasteiger partial charge in [-0.1, -0.05) is 6.07 Å². The van der Waals surface area contributed by atoms with Crippen molar-refractivity contribution >= 4 is 16.7 Å². The van der Waals surface area contributed by atoms with Gasteiger partial charge in [-0.05, 0) is 19.1 Å². The Morgan fingerprint density at radius 3 is 2.72 bits per heavy atom. The first kappa shape index (κ1) is 14.8. The molecular weight excluding hydrogens is 255 g/mol. The molecule has 2 atom stereocenters. The molecule has 4 nitrogen and oxygen atoms in total. The zero-order valence-electron chi connectivity index (χ0n) is 10.4. The first-order valence-electron chi connectivity index (χ1n) is 5.51. The molecule has 0 heterocycles. The third kappa shape index (κ3) is 4.54. The number of nitrogens with two attached hydrogens (primary N) is 1. The molecule has 100 valence electrons. The van der Waals surface area contributed by atoms with Crippen LogP contribution in [0, 0.1) is 5.82 Å². The molecule has 2 unspecified atom stereocenters. The van der Waals surface area contributed by atoms with E-state index in [1.54, 1.807) is 6.26 Å². The molecule has 1 amide bonds. The highest BCUT2D eigenvalue weighted by molar-refractivity contribution is 7.84. The third-order valence-corrected chi connectivity index (χ3v) is 3.43. The Morgan fingerprint density at radius 2 is 2.22 bits per heavy atom. The van der Waals surface area contributed by atoms with E-state index in [4.69, 9.17) is 5.73 Å². The van der Waals surface area contributed by atoms with Crippen molar-refractivity contribution in [2.24, 2.45) is 5.73 Å². The van der Waals surface area contributed by atoms with Crippen LogP contribution in [0.3, 0.4) is 0 Å². The average Bonchev–Trinajstić information content (AvgIpc) is 2.26. The van der Waals surface area contributed by atoms with Crippen molar-refractivity contribution in [3.8, 4) is 0 Å². The summed E-state index contributed by atoms with van der Waals surface area (Å²) in [5.74, 6) is -0.604. The summed E-state index contributed by atoms with van der Waals surface area (Å²) in [7, 11) is -0.886. The fourth-order valence-corrected chi connectivity index (χ4v) is 2.36. The molecule has 6 heteroatoms. The van der Waals surface area contributed by atoms with Crippen LogP contribution in [-0.4, -0.2) is 28.2 Å². The van der Waals surface area contributed by atoms with Crippen molar-refractivity contribution < 1.29 is 13.4 Å². The van der Waals surface area contributed by atoms with E-state index in [1.165, 1.54) is 12.1 Å². The van der Waals surface area contributed by atoms with Gasteiger partial charge in [0.15, 0.2) is 0 Å². The number of amides is 1. The lowest BCUT2D eigenvalue weighted by atomic mass is 10.1. The number of hydrogen-bond donors (Lipinski definition) is 2. The first-order chi connectivity index (χ1) is 8.40. The summed E-state index contributed by atoms with van der Waals surface area (Å²) in [5, 5.41) is 3.07. The fraction of sp³-hybridized carbons (Fsp3) is 0.417. The zero-order chi connectivity index (χ0) is 13.7. The van der Waals surface area contributed by atoms with Crippen LogP contribution >= 0.6 is 0 Å². The maximum absolute atomic E-state index is 13.6. The lowest BCUT2D eigenvalue weighted by molar-refractivity contribution is 0.1000. The Kier molecular flexibility index (Phi) is 5.43. The van der Waals surface area contributed by atoms with Crippen molar-refractivity contribution in [2.75, 3.05) is 12.0 Å². The Bertz CT molecular complexity index is 465. The molecule has 0 spiro atoms. The van der Waals surface area contributed by atoms with Crippen LogP contribution in [0.1, 0.15) is 22.8 Å². The van der Waals surface area contributed by atoms with Crippen molar-refractivity contribution in [1.29, 1.82) is 0 Å². The molecule has 0 radical (unpaired) electrons. The van der Waals surface area contributed by atoms with E-state index in [1.807, 2.05) is 6.92 Å². The summed E-state index contributed by atoms with van der Waals surface area (Å²) in [4.78, 5) is 10.9. The van der Waals surface area contributed by atoms with Gasteiger partial charge in [0, 0.05) is 46.5 Å². The van der Waals surface area contributed by atoms with Crippen LogP contribution in [0.25, 0.3) is 0 Å². The molecule has 0 aromatic heterocycles. The minimum Gasteiger partial charge on any atom is -0.366 e. The summed E-state index contributed by atoms with van der Waals surface area (Å²) in [6.07, 6.45) is 1.63. The highest BCUT2D eigenvalue weighted by Gasteiger charge is 2.09. The minimum atomic E-state index is -0.886. The third-order valence-electron chi connectivity index (χ3n) is 2.46. The van der Waals surface area contributed by atoms with Crippen LogP contribution in [0.2, 0.25) is 0 Å². The second kappa shape index (κ2) is 6.61. The van der Waals surface area contributed by atoms with Gasteiger partial charge in [-0.15, -0.1) is 0 Å². The van der Waals surface area contributed by atoms with E-state index in [0.29, 0.717) is 17.9 Å². The summed E-state index contributed by atoms with van der Waals surface area (Å²) in [5.41, 5.74) is 5.66. The highest BCUT2D eigenvalue weighted by atomic mass is 32.2. The van der Waals surface area contributed by atoms with Gasteiger partial charge < -0.3 is 11.1 Å². The second-order valence-corrected chi connectivity index (χ2v) is 5.67. The molecule has 1 aromatic rings. The van der Waals surface area contributed by atoms with Gasteiger partial charge >= 0.3 is 0 Å². The standard InChI is InChI=1S/C12H17FN2O2S/c1-8(7-18(2)17)15-6-10-4-3-9(12(14)16)5-11(10)13/h3-5,8,15H,6-7H2,1-2H3,(H2,14,16). The summed E-state index contributed by atoms with van der Waals surface area (Å²) in [6, 6.07) is 4.18. The van der Waals surface area contributed by atoms with Crippen molar-refractivity contribution in [3.63, 3.8) is 0 Å². The molecule has 1 rings (SSSR count). The van der Waals surface area contributed by atoms with E-state index >= 15 is 0 Å². The summed E-state index contributed by atoms with van der Waals surface area (Å²) < 4.78 is 24.6. The number of rotatable bonds is 6. The normalized spacial score (nSPS) is 14.2. The molecule has 0 saturated heterocycles. The maximum Gasteiger partial charge on any atom is 0.248 e. The molecule has 0 aliphatic carbocycles. The highest BCUT2D eigenvalue weighted by Crippen LogP contribution is 2.10. The van der Waals surface area contributed by atoms with Crippen molar-refractivity contribution in [3.05, 3.63) is 35.1 Å². The van der Waals surface area contributed by atoms with Crippen molar-refractivity contribution in [1.82, 2.24) is 5.32 Å². The number of carbonyl (C=O) groups is 1. The number of nitrogens with one attached hydrogen (secondary N) is 1. The van der Waals surface area contributed by atoms with Gasteiger partial charge in [0.25, 0.3) is 0 Å². The predicted molar refractivity (Wildman–Crippen MR) is 70.2 cm³/mol. The van der Waals surface area contributed by atoms with Gasteiger partial charge in [-0.2, -0.15) is 0 Å². The number of carbonyl (C=O) groups excluding carboxylic acids is 1. The molecular formula is C12H17FN2O2S. The molecule has 1 aromatic carbocycles. The minimum absolute atomic E-state index is 0.0334. The smallest absolute Gasteiger partial charge is 0.248 e. The molecule has 3 N–H and O–H groups in total. The Hall–Kier alpha value is -1.27. The van der Waals surface area contributed by atoms with E-state index < -0.39 is 22.5 Å². The maximum atomic E-state index is 13.6. The molecule has 0 fully saturated rings. The lowest BCUT2D eigenvalue weighted by Gasteiger charge is -2.13. The van der Waals surface area contributed by atoms with E-state index in [2.05, 4.69) is 5.32 Å². The molecule has 0 saturated carbocycles. The number of benzene rings is 1. The Balaban J connectivity index is 2.63. The summed E-state index contributed by atoms with van der Waals surface area (Å²) >= 11 is 0. The topological polar surface area (TPSA) is 72.2 Å². The SMILES string of the molecule is CC(CS(C)=O)NCc1ccc(C(N)=O)cc1F. The van der Waals surface area contributed by atoms with Crippen LogP contribution < -0.4 is 11.1 Å². The van der Waals surface area contributed by atoms with Crippen molar-refractivity contribution in [2.45, 2.75) is 19.5 Å². The van der Waals surface area contributed by atoms with E-state index in [-0.39, 0.29) is 11.6 Å². The Morgan fingerprint density at radius 1 is 1.56 bits per heavy atom. The van der Waals surface area contributed by atoms with Gasteiger partial charge in [-0.25, -0.2) is 4.39 Å². The number of halogens is 1. The van der Waals surface area contributed by atoms with Gasteiger partial charge in [0.1, 0.15) is 5.82 Å². The zero-order valence-corrected chi connectivity index (χ0v) is 11.2. The average molecular weight is 272 g/mol. The molecule has 0 bridgehead atoms. The van der Waals surface area contributed by atoms with E-state index in [0.717, 1.165) is 6.07 Å². The number of primary amides is 1. The van der Waals surface area contributed by atoms with Crippen LogP contribution in [-0.2, 0) is 17.3 Å². The van der Waals surface area contributed by atoms with Gasteiger partial charge in [0.2, 0.25) is 5.91 Å². The van der Waals surface area contributed by atoms with Crippen LogP contribution in [0.15, 0.2) is 18.2 Å². The summed E-state index contributed by atoms with van der Waals surface area (Å²) in [6.45, 7) is 2.21. The molecule has 0 aliphatic rings. The monoisotopic (exact) mass is 272 g/mol. The van der Waals surface area contributed by atoms with Gasteiger partial charge in [0.05, 0.1) is 0 Å². The number of hydrogen-bond acceptors (Lipinski definition) is 3. The lowest BCUT2D eigenvalue weighted by Crippen LogP contribution is -2.30. The molecule has 18 heavy (non-hydrogen) atoms. The predicted octanol–water partition coefficient (Wildman–Crippen LogP) is 0.781. The fourth-order valence-electron chi connectivity index (χ4n) is 1.54. The van der Waals surface area contributed by atoms with Crippen LogP contribution in [0.5, 0.6) is 0 Å². The molecule has 0 aliphatic heterocycles. The Labute approximate surface area is 108 Å². The van der Waals surface area contributed by atoms with E-state index in [9.17, 15) is 13.4 Å². The second-order valence-electron chi connectivity index (χ2n) is 4.19. The van der Waals surface area contributed by atoms with Gasteiger partial charge in [-0.3, -0.25) is 9.00 Å². The van der Waals surface area contributed by atoms with Crippen LogP contribution in [0.4, 0.5) is 4.39 Å². The quantitative estimate of drug-likeness (QED) is 0.804. The first-order valence-corrected chi connectivity index (χ1v) is 7.24.